The number of aromatic nitrogens is 1. The van der Waals surface area contributed by atoms with E-state index in [9.17, 15) is 10.0 Å². The van der Waals surface area contributed by atoms with Crippen LogP contribution in [-0.2, 0) is 6.54 Å². The van der Waals surface area contributed by atoms with Gasteiger partial charge in [0.2, 0.25) is 5.52 Å². The van der Waals surface area contributed by atoms with E-state index in [4.69, 9.17) is 5.73 Å². The van der Waals surface area contributed by atoms with Gasteiger partial charge in [-0.05, 0) is 23.7 Å². The molecule has 1 heterocycles. The summed E-state index contributed by atoms with van der Waals surface area (Å²) in [5.74, 6) is 0. The first-order valence-corrected chi connectivity index (χ1v) is 6.77. The zero-order chi connectivity index (χ0) is 14.8. The van der Waals surface area contributed by atoms with Crippen molar-refractivity contribution in [1.29, 1.82) is 0 Å². The van der Waals surface area contributed by atoms with Crippen molar-refractivity contribution in [1.82, 2.24) is 0 Å². The van der Waals surface area contributed by atoms with E-state index in [0.29, 0.717) is 12.0 Å². The molecule has 0 fully saturated rings. The molecule has 4 N–H and O–H groups in total. The minimum Gasteiger partial charge on any atom is -0.423 e. The number of pyridine rings is 1. The van der Waals surface area contributed by atoms with Gasteiger partial charge in [0.15, 0.2) is 12.7 Å². The minimum absolute atomic E-state index is 0.525. The van der Waals surface area contributed by atoms with Gasteiger partial charge in [0.1, 0.15) is 0 Å². The highest BCUT2D eigenvalue weighted by atomic mass is 16.4. The largest absolute Gasteiger partial charge is 0.488 e. The molecule has 1 aromatic heterocycles. The van der Waals surface area contributed by atoms with Gasteiger partial charge in [0.25, 0.3) is 0 Å². The van der Waals surface area contributed by atoms with Crippen molar-refractivity contribution in [3.8, 4) is 0 Å². The maximum absolute atomic E-state index is 9.46. The second-order valence-electron chi connectivity index (χ2n) is 5.03. The molecule has 0 atom stereocenters. The average Bonchev–Trinajstić information content (AvgIpc) is 2.47. The second kappa shape index (κ2) is 5.56. The van der Waals surface area contributed by atoms with E-state index in [-0.39, 0.29) is 0 Å². The Labute approximate surface area is 123 Å². The molecular weight excluding hydrogens is 263 g/mol. The van der Waals surface area contributed by atoms with Gasteiger partial charge in [0, 0.05) is 28.8 Å². The van der Waals surface area contributed by atoms with Crippen LogP contribution < -0.4 is 15.8 Å². The summed E-state index contributed by atoms with van der Waals surface area (Å²) >= 11 is 0. The molecule has 0 aliphatic rings. The van der Waals surface area contributed by atoms with Crippen LogP contribution in [0.25, 0.3) is 10.9 Å². The van der Waals surface area contributed by atoms with Crippen LogP contribution in [0.4, 0.5) is 5.69 Å². The Morgan fingerprint density at radius 2 is 1.81 bits per heavy atom. The van der Waals surface area contributed by atoms with Crippen LogP contribution in [0.1, 0.15) is 5.56 Å². The van der Waals surface area contributed by atoms with Gasteiger partial charge in [0.05, 0.1) is 0 Å². The number of nitrogen functional groups attached to an aromatic ring is 1. The number of anilines is 1. The Kier molecular flexibility index (Phi) is 3.60. The summed E-state index contributed by atoms with van der Waals surface area (Å²) in [7, 11) is -1.47. The van der Waals surface area contributed by atoms with Crippen LogP contribution in [0, 0.1) is 0 Å². The topological polar surface area (TPSA) is 70.4 Å². The molecule has 0 bridgehead atoms. The van der Waals surface area contributed by atoms with Crippen LogP contribution in [0.5, 0.6) is 0 Å². The van der Waals surface area contributed by atoms with E-state index < -0.39 is 7.12 Å². The normalized spacial score (nSPS) is 10.8. The van der Waals surface area contributed by atoms with E-state index >= 15 is 0 Å². The van der Waals surface area contributed by atoms with E-state index in [1.54, 1.807) is 12.1 Å². The fourth-order valence-corrected chi connectivity index (χ4v) is 2.55. The first-order chi connectivity index (χ1) is 10.1. The van der Waals surface area contributed by atoms with Gasteiger partial charge < -0.3 is 15.8 Å². The number of fused-ring (bicyclic) bond motifs is 1. The molecule has 0 amide bonds. The van der Waals surface area contributed by atoms with Gasteiger partial charge in [-0.15, -0.1) is 0 Å². The molecular formula is C16H16BN2O2+. The molecule has 0 spiro atoms. The summed E-state index contributed by atoms with van der Waals surface area (Å²) in [4.78, 5) is 0. The lowest BCUT2D eigenvalue weighted by Gasteiger charge is -2.07. The number of nitrogens with zero attached hydrogens (tertiary/aromatic N) is 1. The monoisotopic (exact) mass is 279 g/mol. The summed E-state index contributed by atoms with van der Waals surface area (Å²) in [6.07, 6.45) is 1.97. The van der Waals surface area contributed by atoms with Gasteiger partial charge in [-0.25, -0.2) is 0 Å². The Hall–Kier alpha value is -2.37. The molecule has 3 aromatic rings. The van der Waals surface area contributed by atoms with Gasteiger partial charge in [-0.3, -0.25) is 0 Å². The lowest BCUT2D eigenvalue weighted by Crippen LogP contribution is -2.41. The predicted molar refractivity (Wildman–Crippen MR) is 83.9 cm³/mol. The van der Waals surface area contributed by atoms with Crippen LogP contribution in [-0.4, -0.2) is 17.2 Å². The van der Waals surface area contributed by atoms with Crippen molar-refractivity contribution < 1.29 is 14.6 Å². The molecule has 0 radical (unpaired) electrons. The molecule has 0 saturated carbocycles. The van der Waals surface area contributed by atoms with E-state index in [1.807, 2.05) is 48.7 Å². The van der Waals surface area contributed by atoms with E-state index in [1.165, 1.54) is 0 Å². The van der Waals surface area contributed by atoms with Crippen LogP contribution >= 0.6 is 0 Å². The number of hydrogen-bond donors (Lipinski definition) is 3. The third kappa shape index (κ3) is 2.74. The lowest BCUT2D eigenvalue weighted by atomic mass is 9.77. The summed E-state index contributed by atoms with van der Waals surface area (Å²) in [6.45, 7) is 0.565. The number of rotatable bonds is 3. The van der Waals surface area contributed by atoms with Crippen LogP contribution in [0.15, 0.2) is 60.8 Å². The van der Waals surface area contributed by atoms with Crippen molar-refractivity contribution in [2.24, 2.45) is 0 Å². The third-order valence-corrected chi connectivity index (χ3v) is 3.58. The molecule has 0 saturated heterocycles. The van der Waals surface area contributed by atoms with Crippen LogP contribution in [0.2, 0.25) is 0 Å². The molecule has 104 valence electrons. The number of hydrogen-bond acceptors (Lipinski definition) is 3. The van der Waals surface area contributed by atoms with Crippen molar-refractivity contribution >= 4 is 29.2 Å². The third-order valence-electron chi connectivity index (χ3n) is 3.58. The van der Waals surface area contributed by atoms with E-state index in [2.05, 4.69) is 4.57 Å². The zero-order valence-electron chi connectivity index (χ0n) is 11.5. The Morgan fingerprint density at radius 3 is 2.62 bits per heavy atom. The SMILES string of the molecule is Nc1ccc2c(ccc[n+]2Cc2ccccc2B(O)O)c1. The summed E-state index contributed by atoms with van der Waals surface area (Å²) in [5, 5.41) is 20.0. The lowest BCUT2D eigenvalue weighted by molar-refractivity contribution is -0.662. The Balaban J connectivity index is 2.07. The molecule has 0 aliphatic carbocycles. The smallest absolute Gasteiger partial charge is 0.423 e. The standard InChI is InChI=1S/C16H16BN2O2/c18-14-7-8-16-12(10-14)5-3-9-19(16)11-13-4-1-2-6-15(13)17(20)21/h1-10,20-21H,11,18H2/q+1. The van der Waals surface area contributed by atoms with Gasteiger partial charge >= 0.3 is 7.12 Å². The second-order valence-corrected chi connectivity index (χ2v) is 5.03. The first kappa shape index (κ1) is 13.6. The summed E-state index contributed by atoms with van der Waals surface area (Å²) in [6, 6.07) is 17.1. The van der Waals surface area contributed by atoms with Gasteiger partial charge in [-0.1, -0.05) is 24.3 Å². The number of benzene rings is 2. The zero-order valence-corrected chi connectivity index (χ0v) is 11.5. The predicted octanol–water partition coefficient (Wildman–Crippen LogP) is 0.438. The van der Waals surface area contributed by atoms with Gasteiger partial charge in [-0.2, -0.15) is 4.57 Å². The molecule has 3 rings (SSSR count). The van der Waals surface area contributed by atoms with Crippen molar-refractivity contribution in [2.45, 2.75) is 6.54 Å². The molecule has 21 heavy (non-hydrogen) atoms. The van der Waals surface area contributed by atoms with Crippen molar-refractivity contribution in [3.63, 3.8) is 0 Å². The fraction of sp³-hybridized carbons (Fsp3) is 0.0625. The maximum atomic E-state index is 9.46. The van der Waals surface area contributed by atoms with Crippen molar-refractivity contribution in [3.05, 3.63) is 66.4 Å². The molecule has 5 heteroatoms. The highest BCUT2D eigenvalue weighted by molar-refractivity contribution is 6.59. The summed E-state index contributed by atoms with van der Waals surface area (Å²) < 4.78 is 2.07. The Bertz CT molecular complexity index is 790. The van der Waals surface area contributed by atoms with E-state index in [0.717, 1.165) is 22.2 Å². The van der Waals surface area contributed by atoms with Crippen LogP contribution in [0.3, 0.4) is 0 Å². The number of nitrogens with two attached hydrogens (primary N) is 1. The quantitative estimate of drug-likeness (QED) is 0.370. The molecule has 0 aliphatic heterocycles. The highest BCUT2D eigenvalue weighted by Gasteiger charge is 2.18. The fourth-order valence-electron chi connectivity index (χ4n) is 2.55. The first-order valence-electron chi connectivity index (χ1n) is 6.77. The molecule has 0 unspecified atom stereocenters. The van der Waals surface area contributed by atoms with Crippen molar-refractivity contribution in [2.75, 3.05) is 5.73 Å². The average molecular weight is 279 g/mol. The molecule has 2 aromatic carbocycles. The highest BCUT2D eigenvalue weighted by Crippen LogP contribution is 2.13. The maximum Gasteiger partial charge on any atom is 0.488 e. The Morgan fingerprint density at radius 1 is 1.00 bits per heavy atom. The summed E-state index contributed by atoms with van der Waals surface area (Å²) in [5.41, 5.74) is 9.00. The molecule has 4 nitrogen and oxygen atoms in total. The minimum atomic E-state index is -1.47.